The molecule has 7 heteroatoms. The smallest absolute Gasteiger partial charge is 0.274 e. The number of phenolic OH excluding ortho intramolecular Hbond substituents is 1. The topological polar surface area (TPSA) is 61.3 Å². The first-order chi connectivity index (χ1) is 15.4. The lowest BCUT2D eigenvalue weighted by Crippen LogP contribution is -2.49. The van der Waals surface area contributed by atoms with Gasteiger partial charge in [0.25, 0.3) is 6.08 Å². The Morgan fingerprint density at radius 2 is 1.81 bits per heavy atom. The molecule has 2 aliphatic carbocycles. The van der Waals surface area contributed by atoms with Crippen molar-refractivity contribution in [2.24, 2.45) is 0 Å². The average molecular weight is 441 g/mol. The van der Waals surface area contributed by atoms with Crippen LogP contribution in [0, 0.1) is 13.8 Å². The van der Waals surface area contributed by atoms with Crippen LogP contribution in [-0.2, 0) is 6.42 Å². The van der Waals surface area contributed by atoms with E-state index in [0.29, 0.717) is 34.8 Å². The number of likely N-dealkylation sites (tertiary alicyclic amines) is 1. The SMILES string of the molecule is Cc1c(N[C@@H]2CCCN(C3CCC3)C2)nnc(-c2ccc3c(c2O)CCC3=C(F)F)c1C. The molecule has 0 amide bonds. The Hall–Kier alpha value is -2.54. The van der Waals surface area contributed by atoms with Gasteiger partial charge in [0.1, 0.15) is 5.75 Å². The molecule has 0 bridgehead atoms. The minimum Gasteiger partial charge on any atom is -0.507 e. The highest BCUT2D eigenvalue weighted by molar-refractivity contribution is 5.82. The van der Waals surface area contributed by atoms with Gasteiger partial charge in [-0.1, -0.05) is 12.5 Å². The molecule has 5 nitrogen and oxygen atoms in total. The molecule has 1 saturated heterocycles. The Bertz CT molecular complexity index is 1080. The van der Waals surface area contributed by atoms with Crippen LogP contribution in [0.4, 0.5) is 14.6 Å². The largest absolute Gasteiger partial charge is 0.507 e. The number of fused-ring (bicyclic) bond motifs is 1. The van der Waals surface area contributed by atoms with Gasteiger partial charge in [-0.2, -0.15) is 8.78 Å². The van der Waals surface area contributed by atoms with Crippen molar-refractivity contribution in [3.8, 4) is 17.0 Å². The van der Waals surface area contributed by atoms with Gasteiger partial charge >= 0.3 is 0 Å². The molecule has 1 aromatic carbocycles. The van der Waals surface area contributed by atoms with Crippen LogP contribution < -0.4 is 5.32 Å². The molecule has 1 saturated carbocycles. The zero-order chi connectivity index (χ0) is 22.4. The highest BCUT2D eigenvalue weighted by Crippen LogP contribution is 2.44. The van der Waals surface area contributed by atoms with Crippen LogP contribution in [-0.4, -0.2) is 45.4 Å². The predicted molar refractivity (Wildman–Crippen MR) is 122 cm³/mol. The summed E-state index contributed by atoms with van der Waals surface area (Å²) in [6.07, 6.45) is 5.29. The minimum absolute atomic E-state index is 0.0313. The van der Waals surface area contributed by atoms with Gasteiger partial charge < -0.3 is 10.4 Å². The van der Waals surface area contributed by atoms with E-state index in [1.807, 2.05) is 13.8 Å². The van der Waals surface area contributed by atoms with E-state index >= 15 is 0 Å². The summed E-state index contributed by atoms with van der Waals surface area (Å²) < 4.78 is 26.4. The first-order valence-corrected chi connectivity index (χ1v) is 11.7. The summed E-state index contributed by atoms with van der Waals surface area (Å²) >= 11 is 0. The first kappa shape index (κ1) is 21.3. The molecule has 2 aromatic rings. The van der Waals surface area contributed by atoms with E-state index in [2.05, 4.69) is 20.4 Å². The quantitative estimate of drug-likeness (QED) is 0.662. The van der Waals surface area contributed by atoms with Crippen LogP contribution in [0.5, 0.6) is 5.75 Å². The molecule has 0 unspecified atom stereocenters. The Morgan fingerprint density at radius 1 is 1.03 bits per heavy atom. The summed E-state index contributed by atoms with van der Waals surface area (Å²) in [7, 11) is 0. The molecule has 32 heavy (non-hydrogen) atoms. The van der Waals surface area contributed by atoms with E-state index in [4.69, 9.17) is 0 Å². The molecule has 1 atom stereocenters. The lowest BCUT2D eigenvalue weighted by molar-refractivity contribution is 0.0990. The third-order valence-corrected chi connectivity index (χ3v) is 7.62. The number of aromatic nitrogens is 2. The molecular formula is C25H30F2N4O. The van der Waals surface area contributed by atoms with Crippen molar-refractivity contribution in [2.45, 2.75) is 70.9 Å². The fraction of sp³-hybridized carbons (Fsp3) is 0.520. The number of hydrogen-bond donors (Lipinski definition) is 2. The molecule has 2 heterocycles. The molecule has 5 rings (SSSR count). The second kappa shape index (κ2) is 8.43. The number of piperidine rings is 1. The molecule has 0 radical (unpaired) electrons. The maximum absolute atomic E-state index is 13.2. The minimum atomic E-state index is -1.67. The number of allylic oxidation sites excluding steroid dienone is 1. The number of phenols is 1. The van der Waals surface area contributed by atoms with E-state index in [9.17, 15) is 13.9 Å². The second-order valence-electron chi connectivity index (χ2n) is 9.44. The molecule has 2 N–H and O–H groups in total. The summed E-state index contributed by atoms with van der Waals surface area (Å²) in [6, 6.07) is 4.46. The van der Waals surface area contributed by atoms with Crippen molar-refractivity contribution in [1.82, 2.24) is 15.1 Å². The van der Waals surface area contributed by atoms with Gasteiger partial charge in [0.2, 0.25) is 0 Å². The van der Waals surface area contributed by atoms with Gasteiger partial charge in [-0.3, -0.25) is 4.90 Å². The van der Waals surface area contributed by atoms with Crippen LogP contribution in [0.25, 0.3) is 16.8 Å². The fourth-order valence-corrected chi connectivity index (χ4v) is 5.34. The monoisotopic (exact) mass is 440 g/mol. The van der Waals surface area contributed by atoms with Crippen molar-refractivity contribution >= 4 is 11.4 Å². The number of nitrogens with one attached hydrogen (secondary N) is 1. The summed E-state index contributed by atoms with van der Waals surface area (Å²) in [5.41, 5.74) is 4.15. The van der Waals surface area contributed by atoms with Gasteiger partial charge in [0.15, 0.2) is 5.82 Å². The standard InChI is InChI=1S/C25H30F2N4O/c1-14-15(2)25(28-16-5-4-12-31(13-16)17-6-3-7-17)30-29-22(14)21-11-8-18-19(23(21)32)9-10-20(18)24(26)27/h8,11,16-17,32H,3-7,9-10,12-13H2,1-2H3,(H,28,30)/t16-/m1/s1. The summed E-state index contributed by atoms with van der Waals surface area (Å²) in [4.78, 5) is 2.61. The van der Waals surface area contributed by atoms with Gasteiger partial charge in [-0.25, -0.2) is 0 Å². The van der Waals surface area contributed by atoms with Gasteiger partial charge in [-0.15, -0.1) is 10.2 Å². The molecule has 170 valence electrons. The summed E-state index contributed by atoms with van der Waals surface area (Å²) in [5.74, 6) is 0.830. The number of anilines is 1. The average Bonchev–Trinajstić information content (AvgIpc) is 3.17. The third-order valence-electron chi connectivity index (χ3n) is 7.62. The van der Waals surface area contributed by atoms with Crippen molar-refractivity contribution in [3.63, 3.8) is 0 Å². The van der Waals surface area contributed by atoms with E-state index in [-0.39, 0.29) is 17.7 Å². The summed E-state index contributed by atoms with van der Waals surface area (Å²) in [5, 5.41) is 23.4. The number of hydrogen-bond acceptors (Lipinski definition) is 5. The lowest BCUT2D eigenvalue weighted by atomic mass is 9.89. The van der Waals surface area contributed by atoms with Crippen LogP contribution >= 0.6 is 0 Å². The van der Waals surface area contributed by atoms with Crippen molar-refractivity contribution < 1.29 is 13.9 Å². The highest BCUT2D eigenvalue weighted by Gasteiger charge is 2.30. The molecule has 2 fully saturated rings. The fourth-order valence-electron chi connectivity index (χ4n) is 5.34. The van der Waals surface area contributed by atoms with E-state index in [0.717, 1.165) is 36.0 Å². The Morgan fingerprint density at radius 3 is 2.53 bits per heavy atom. The lowest BCUT2D eigenvalue weighted by Gasteiger charge is -2.42. The van der Waals surface area contributed by atoms with E-state index < -0.39 is 6.08 Å². The predicted octanol–water partition coefficient (Wildman–Crippen LogP) is 5.45. The Labute approximate surface area is 187 Å². The van der Waals surface area contributed by atoms with Crippen LogP contribution in [0.3, 0.4) is 0 Å². The highest BCUT2D eigenvalue weighted by atomic mass is 19.3. The first-order valence-electron chi connectivity index (χ1n) is 11.7. The van der Waals surface area contributed by atoms with Gasteiger partial charge in [0, 0.05) is 35.3 Å². The van der Waals surface area contributed by atoms with Gasteiger partial charge in [0.05, 0.1) is 5.69 Å². The van der Waals surface area contributed by atoms with Crippen molar-refractivity contribution in [2.75, 3.05) is 18.4 Å². The number of halogens is 2. The summed E-state index contributed by atoms with van der Waals surface area (Å²) in [6.45, 7) is 6.23. The third kappa shape index (κ3) is 3.66. The Kier molecular flexibility index (Phi) is 5.61. The maximum atomic E-state index is 13.2. The molecule has 0 spiro atoms. The van der Waals surface area contributed by atoms with Crippen LogP contribution in [0.2, 0.25) is 0 Å². The van der Waals surface area contributed by atoms with E-state index in [1.165, 1.54) is 32.2 Å². The van der Waals surface area contributed by atoms with E-state index in [1.54, 1.807) is 12.1 Å². The van der Waals surface area contributed by atoms with Crippen molar-refractivity contribution in [1.29, 1.82) is 0 Å². The van der Waals surface area contributed by atoms with Crippen LogP contribution in [0.1, 0.15) is 60.8 Å². The molecule has 1 aliphatic heterocycles. The van der Waals surface area contributed by atoms with Crippen LogP contribution in [0.15, 0.2) is 18.2 Å². The van der Waals surface area contributed by atoms with Gasteiger partial charge in [-0.05, 0) is 81.7 Å². The van der Waals surface area contributed by atoms with Crippen molar-refractivity contribution in [3.05, 3.63) is 40.5 Å². The normalized spacial score (nSPS) is 21.4. The zero-order valence-corrected chi connectivity index (χ0v) is 18.7. The molecule has 3 aliphatic rings. The molecular weight excluding hydrogens is 410 g/mol. The number of aromatic hydroxyl groups is 1. The number of benzene rings is 1. The Balaban J connectivity index is 1.39. The second-order valence-corrected chi connectivity index (χ2v) is 9.44. The molecule has 1 aromatic heterocycles. The maximum Gasteiger partial charge on any atom is 0.274 e. The zero-order valence-electron chi connectivity index (χ0n) is 18.7. The number of nitrogens with zero attached hydrogens (tertiary/aromatic N) is 3. The number of rotatable bonds is 4.